The van der Waals surface area contributed by atoms with E-state index in [9.17, 15) is 0 Å². The predicted molar refractivity (Wildman–Crippen MR) is 44.2 cm³/mol. The van der Waals surface area contributed by atoms with Gasteiger partial charge in [0.25, 0.3) is 0 Å². The smallest absolute Gasteiger partial charge is 0.124 e. The topological polar surface area (TPSA) is 21.6 Å². The van der Waals surface area contributed by atoms with E-state index in [1.54, 1.807) is 0 Å². The lowest BCUT2D eigenvalue weighted by Gasteiger charge is -2.05. The van der Waals surface area contributed by atoms with Gasteiger partial charge >= 0.3 is 0 Å². The van der Waals surface area contributed by atoms with E-state index in [4.69, 9.17) is 4.84 Å². The zero-order valence-electron chi connectivity index (χ0n) is 7.35. The molecule has 0 saturated heterocycles. The van der Waals surface area contributed by atoms with Gasteiger partial charge in [-0.25, -0.2) is 0 Å². The molecule has 1 atom stereocenters. The third-order valence-corrected chi connectivity index (χ3v) is 1.48. The lowest BCUT2D eigenvalue weighted by molar-refractivity contribution is 0.0694. The number of hydrogen-bond donors (Lipinski definition) is 0. The maximum absolute atomic E-state index is 5.13. The van der Waals surface area contributed by atoms with Crippen molar-refractivity contribution >= 4 is 5.71 Å². The Morgan fingerprint density at radius 3 is 2.50 bits per heavy atom. The molecule has 0 aliphatic rings. The van der Waals surface area contributed by atoms with Gasteiger partial charge in [-0.1, -0.05) is 19.0 Å². The molecule has 0 aromatic carbocycles. The number of hydrogen-bond acceptors (Lipinski definition) is 2. The first-order chi connectivity index (χ1) is 4.70. The number of nitrogens with zero attached hydrogens (tertiary/aromatic N) is 1. The highest BCUT2D eigenvalue weighted by Crippen LogP contribution is 1.97. The second-order valence-corrected chi connectivity index (χ2v) is 2.50. The molecule has 1 unspecified atom stereocenters. The van der Waals surface area contributed by atoms with Gasteiger partial charge in [-0.15, -0.1) is 0 Å². The van der Waals surface area contributed by atoms with E-state index in [1.165, 1.54) is 0 Å². The Bertz CT molecular complexity index is 110. The molecule has 0 saturated carbocycles. The summed E-state index contributed by atoms with van der Waals surface area (Å²) in [6.07, 6.45) is 2.23. The largest absolute Gasteiger partial charge is 0.393 e. The number of rotatable bonds is 4. The van der Waals surface area contributed by atoms with Crippen molar-refractivity contribution < 1.29 is 4.84 Å². The Balaban J connectivity index is 3.50. The fraction of sp³-hybridized carbons (Fsp3) is 0.875. The fourth-order valence-corrected chi connectivity index (χ4v) is 0.319. The molecular formula is C8H17NO. The van der Waals surface area contributed by atoms with Gasteiger partial charge in [-0.3, -0.25) is 0 Å². The molecule has 0 heterocycles. The lowest BCUT2D eigenvalue weighted by atomic mass is 10.3. The van der Waals surface area contributed by atoms with Gasteiger partial charge in [0.15, 0.2) is 0 Å². The minimum Gasteiger partial charge on any atom is -0.393 e. The molecular weight excluding hydrogens is 126 g/mol. The summed E-state index contributed by atoms with van der Waals surface area (Å²) >= 11 is 0. The standard InChI is InChI=1S/C8H17NO/c1-5-7(3)9-10-8(4)6-2/h8H,5-6H2,1-4H3/b9-7-. The SMILES string of the molecule is CC/C(C)=N\OC(C)CC. The van der Waals surface area contributed by atoms with Crippen molar-refractivity contribution in [1.82, 2.24) is 0 Å². The van der Waals surface area contributed by atoms with Crippen molar-refractivity contribution in [2.24, 2.45) is 5.16 Å². The van der Waals surface area contributed by atoms with Crippen LogP contribution in [0, 0.1) is 0 Å². The third kappa shape index (κ3) is 4.36. The van der Waals surface area contributed by atoms with Crippen molar-refractivity contribution in [1.29, 1.82) is 0 Å². The summed E-state index contributed by atoms with van der Waals surface area (Å²) in [5, 5.41) is 3.93. The average molecular weight is 143 g/mol. The molecule has 0 rings (SSSR count). The molecule has 0 fully saturated rings. The van der Waals surface area contributed by atoms with Crippen LogP contribution in [0.1, 0.15) is 40.5 Å². The second kappa shape index (κ2) is 5.27. The molecule has 0 aromatic heterocycles. The van der Waals surface area contributed by atoms with Gasteiger partial charge in [0.05, 0.1) is 5.71 Å². The van der Waals surface area contributed by atoms with Crippen LogP contribution in [0.25, 0.3) is 0 Å². The maximum atomic E-state index is 5.13. The summed E-state index contributed by atoms with van der Waals surface area (Å²) in [6.45, 7) is 8.15. The Morgan fingerprint density at radius 2 is 2.10 bits per heavy atom. The van der Waals surface area contributed by atoms with Crippen LogP contribution in [0.3, 0.4) is 0 Å². The average Bonchev–Trinajstić information content (AvgIpc) is 1.99. The van der Waals surface area contributed by atoms with E-state index < -0.39 is 0 Å². The van der Waals surface area contributed by atoms with Crippen LogP contribution in [0.15, 0.2) is 5.16 Å². The Kier molecular flexibility index (Phi) is 4.99. The quantitative estimate of drug-likeness (QED) is 0.438. The first kappa shape index (κ1) is 9.47. The lowest BCUT2D eigenvalue weighted by Crippen LogP contribution is -2.03. The molecule has 2 nitrogen and oxygen atoms in total. The van der Waals surface area contributed by atoms with E-state index in [0.29, 0.717) is 0 Å². The predicted octanol–water partition coefficient (Wildman–Crippen LogP) is 2.59. The van der Waals surface area contributed by atoms with Crippen LogP contribution in [-0.4, -0.2) is 11.8 Å². The molecule has 0 bridgehead atoms. The minimum atomic E-state index is 0.251. The molecule has 0 spiro atoms. The van der Waals surface area contributed by atoms with Gasteiger partial charge in [-0.2, -0.15) is 0 Å². The second-order valence-electron chi connectivity index (χ2n) is 2.50. The third-order valence-electron chi connectivity index (χ3n) is 1.48. The van der Waals surface area contributed by atoms with Gasteiger partial charge in [0, 0.05) is 0 Å². The van der Waals surface area contributed by atoms with Crippen molar-refractivity contribution in [3.63, 3.8) is 0 Å². The zero-order chi connectivity index (χ0) is 7.98. The molecule has 0 aromatic rings. The molecule has 0 radical (unpaired) electrons. The highest BCUT2D eigenvalue weighted by Gasteiger charge is 1.95. The van der Waals surface area contributed by atoms with Gasteiger partial charge in [0.2, 0.25) is 0 Å². The van der Waals surface area contributed by atoms with Crippen molar-refractivity contribution in [2.75, 3.05) is 0 Å². The van der Waals surface area contributed by atoms with E-state index in [2.05, 4.69) is 19.0 Å². The Labute approximate surface area is 63.3 Å². The van der Waals surface area contributed by atoms with Crippen LogP contribution >= 0.6 is 0 Å². The molecule has 0 aliphatic heterocycles. The summed E-state index contributed by atoms with van der Waals surface area (Å²) in [4.78, 5) is 5.13. The van der Waals surface area contributed by atoms with Crippen molar-refractivity contribution in [3.8, 4) is 0 Å². The summed E-state index contributed by atoms with van der Waals surface area (Å²) in [5.74, 6) is 0. The molecule has 10 heavy (non-hydrogen) atoms. The molecule has 0 amide bonds. The van der Waals surface area contributed by atoms with Crippen LogP contribution in [0.4, 0.5) is 0 Å². The normalized spacial score (nSPS) is 15.0. The highest BCUT2D eigenvalue weighted by atomic mass is 16.6. The molecule has 0 N–H and O–H groups in total. The minimum absolute atomic E-state index is 0.251. The summed E-state index contributed by atoms with van der Waals surface area (Å²) in [6, 6.07) is 0. The first-order valence-corrected chi connectivity index (χ1v) is 3.90. The van der Waals surface area contributed by atoms with E-state index in [-0.39, 0.29) is 6.10 Å². The van der Waals surface area contributed by atoms with Gasteiger partial charge in [0.1, 0.15) is 6.10 Å². The Hall–Kier alpha value is -0.530. The highest BCUT2D eigenvalue weighted by molar-refractivity contribution is 5.80. The zero-order valence-corrected chi connectivity index (χ0v) is 7.35. The molecule has 60 valence electrons. The van der Waals surface area contributed by atoms with Crippen LogP contribution < -0.4 is 0 Å². The monoisotopic (exact) mass is 143 g/mol. The number of oxime groups is 1. The molecule has 2 heteroatoms. The van der Waals surface area contributed by atoms with Gasteiger partial charge in [-0.05, 0) is 26.7 Å². The van der Waals surface area contributed by atoms with E-state index >= 15 is 0 Å². The van der Waals surface area contributed by atoms with Crippen molar-refractivity contribution in [2.45, 2.75) is 46.6 Å². The van der Waals surface area contributed by atoms with Crippen molar-refractivity contribution in [3.05, 3.63) is 0 Å². The van der Waals surface area contributed by atoms with Crippen LogP contribution in [0.2, 0.25) is 0 Å². The first-order valence-electron chi connectivity index (χ1n) is 3.90. The van der Waals surface area contributed by atoms with E-state index in [1.807, 2.05) is 13.8 Å². The summed E-state index contributed by atoms with van der Waals surface area (Å²) in [5.41, 5.74) is 1.06. The molecule has 0 aliphatic carbocycles. The maximum Gasteiger partial charge on any atom is 0.124 e. The van der Waals surface area contributed by atoms with E-state index in [0.717, 1.165) is 18.6 Å². The van der Waals surface area contributed by atoms with Crippen LogP contribution in [0.5, 0.6) is 0 Å². The van der Waals surface area contributed by atoms with Gasteiger partial charge < -0.3 is 4.84 Å². The fourth-order valence-electron chi connectivity index (χ4n) is 0.319. The summed E-state index contributed by atoms with van der Waals surface area (Å²) < 4.78 is 0. The summed E-state index contributed by atoms with van der Waals surface area (Å²) in [7, 11) is 0. The van der Waals surface area contributed by atoms with Crippen LogP contribution in [-0.2, 0) is 4.84 Å². The Morgan fingerprint density at radius 1 is 1.50 bits per heavy atom.